The SMILES string of the molecule is CC(=O)N1CCc2cc(NC(=O)Nc3ccccc3F)ccc21. The monoisotopic (exact) mass is 313 g/mol. The minimum atomic E-state index is -0.517. The summed E-state index contributed by atoms with van der Waals surface area (Å²) in [6.45, 7) is 2.18. The molecule has 0 fully saturated rings. The fourth-order valence-corrected chi connectivity index (χ4v) is 2.65. The van der Waals surface area contributed by atoms with Crippen molar-refractivity contribution in [1.29, 1.82) is 0 Å². The van der Waals surface area contributed by atoms with Gasteiger partial charge in [0.1, 0.15) is 5.82 Å². The molecule has 0 aromatic heterocycles. The summed E-state index contributed by atoms with van der Waals surface area (Å²) in [4.78, 5) is 25.2. The molecule has 5 nitrogen and oxygen atoms in total. The van der Waals surface area contributed by atoms with Crippen LogP contribution in [0.2, 0.25) is 0 Å². The molecule has 23 heavy (non-hydrogen) atoms. The number of nitrogens with zero attached hydrogens (tertiary/aromatic N) is 1. The maximum absolute atomic E-state index is 13.5. The normalized spacial score (nSPS) is 12.7. The third kappa shape index (κ3) is 3.15. The van der Waals surface area contributed by atoms with Gasteiger partial charge < -0.3 is 15.5 Å². The first-order valence-electron chi connectivity index (χ1n) is 7.28. The Bertz CT molecular complexity index is 776. The Kier molecular flexibility index (Phi) is 3.97. The largest absolute Gasteiger partial charge is 0.323 e. The third-order valence-corrected chi connectivity index (χ3v) is 3.74. The number of urea groups is 1. The summed E-state index contributed by atoms with van der Waals surface area (Å²) in [5.41, 5.74) is 2.60. The second-order valence-corrected chi connectivity index (χ2v) is 5.32. The Morgan fingerprint density at radius 3 is 2.65 bits per heavy atom. The van der Waals surface area contributed by atoms with E-state index < -0.39 is 11.8 Å². The number of benzene rings is 2. The van der Waals surface area contributed by atoms with Gasteiger partial charge in [-0.2, -0.15) is 0 Å². The molecule has 0 spiro atoms. The molecule has 1 heterocycles. The van der Waals surface area contributed by atoms with Crippen LogP contribution in [-0.2, 0) is 11.2 Å². The molecule has 3 amide bonds. The zero-order chi connectivity index (χ0) is 16.4. The molecule has 2 aromatic rings. The van der Waals surface area contributed by atoms with E-state index in [1.54, 1.807) is 23.1 Å². The number of hydrogen-bond acceptors (Lipinski definition) is 2. The second kappa shape index (κ2) is 6.08. The standard InChI is InChI=1S/C17H16FN3O2/c1-11(22)21-9-8-12-10-13(6-7-16(12)21)19-17(23)20-15-5-3-2-4-14(15)18/h2-7,10H,8-9H2,1H3,(H2,19,20,23). The number of halogens is 1. The second-order valence-electron chi connectivity index (χ2n) is 5.32. The lowest BCUT2D eigenvalue weighted by atomic mass is 10.1. The molecule has 0 radical (unpaired) electrons. The van der Waals surface area contributed by atoms with Gasteiger partial charge in [0.2, 0.25) is 5.91 Å². The number of amides is 3. The molecule has 1 aliphatic rings. The Morgan fingerprint density at radius 1 is 1.13 bits per heavy atom. The van der Waals surface area contributed by atoms with E-state index in [2.05, 4.69) is 10.6 Å². The van der Waals surface area contributed by atoms with Crippen molar-refractivity contribution < 1.29 is 14.0 Å². The number of anilines is 3. The average Bonchev–Trinajstić information content (AvgIpc) is 2.93. The maximum Gasteiger partial charge on any atom is 0.323 e. The molecule has 0 bridgehead atoms. The van der Waals surface area contributed by atoms with E-state index in [0.717, 1.165) is 17.7 Å². The Morgan fingerprint density at radius 2 is 1.91 bits per heavy atom. The quantitative estimate of drug-likeness (QED) is 0.893. The van der Waals surface area contributed by atoms with Crippen molar-refractivity contribution in [2.45, 2.75) is 13.3 Å². The van der Waals surface area contributed by atoms with Crippen LogP contribution in [0, 0.1) is 5.82 Å². The lowest BCUT2D eigenvalue weighted by Crippen LogP contribution is -2.25. The van der Waals surface area contributed by atoms with Crippen LogP contribution in [0.4, 0.5) is 26.2 Å². The third-order valence-electron chi connectivity index (χ3n) is 3.74. The van der Waals surface area contributed by atoms with Gasteiger partial charge in [-0.1, -0.05) is 12.1 Å². The molecule has 6 heteroatoms. The average molecular weight is 313 g/mol. The summed E-state index contributed by atoms with van der Waals surface area (Å²) < 4.78 is 13.5. The van der Waals surface area contributed by atoms with Crippen molar-refractivity contribution in [3.05, 3.63) is 53.8 Å². The van der Waals surface area contributed by atoms with E-state index in [1.807, 2.05) is 12.1 Å². The Hall–Kier alpha value is -2.89. The van der Waals surface area contributed by atoms with Crippen LogP contribution in [0.15, 0.2) is 42.5 Å². The highest BCUT2D eigenvalue weighted by Crippen LogP contribution is 2.30. The first kappa shape index (κ1) is 15.0. The molecule has 0 aliphatic carbocycles. The summed E-state index contributed by atoms with van der Waals surface area (Å²) in [7, 11) is 0. The molecule has 1 aliphatic heterocycles. The van der Waals surface area contributed by atoms with Crippen molar-refractivity contribution in [2.75, 3.05) is 22.1 Å². The zero-order valence-electron chi connectivity index (χ0n) is 12.6. The van der Waals surface area contributed by atoms with Crippen LogP contribution in [0.1, 0.15) is 12.5 Å². The molecule has 0 atom stereocenters. The van der Waals surface area contributed by atoms with Gasteiger partial charge in [0, 0.05) is 24.8 Å². The molecular weight excluding hydrogens is 297 g/mol. The summed E-state index contributed by atoms with van der Waals surface area (Å²) in [6.07, 6.45) is 0.749. The van der Waals surface area contributed by atoms with Crippen LogP contribution >= 0.6 is 0 Å². The van der Waals surface area contributed by atoms with E-state index in [9.17, 15) is 14.0 Å². The predicted molar refractivity (Wildman–Crippen MR) is 87.2 cm³/mol. The van der Waals surface area contributed by atoms with Crippen molar-refractivity contribution >= 4 is 29.0 Å². The predicted octanol–water partition coefficient (Wildman–Crippen LogP) is 3.38. The minimum absolute atomic E-state index is 0.00163. The lowest BCUT2D eigenvalue weighted by Gasteiger charge is -2.15. The van der Waals surface area contributed by atoms with Crippen molar-refractivity contribution in [3.63, 3.8) is 0 Å². The zero-order valence-corrected chi connectivity index (χ0v) is 12.6. The fourth-order valence-electron chi connectivity index (χ4n) is 2.65. The summed E-state index contributed by atoms with van der Waals surface area (Å²) >= 11 is 0. The molecule has 0 saturated carbocycles. The highest BCUT2D eigenvalue weighted by molar-refractivity contribution is 6.00. The van der Waals surface area contributed by atoms with Crippen molar-refractivity contribution in [1.82, 2.24) is 0 Å². The van der Waals surface area contributed by atoms with E-state index in [0.29, 0.717) is 12.2 Å². The van der Waals surface area contributed by atoms with Gasteiger partial charge in [0.05, 0.1) is 5.69 Å². The van der Waals surface area contributed by atoms with Crippen molar-refractivity contribution in [2.24, 2.45) is 0 Å². The van der Waals surface area contributed by atoms with Gasteiger partial charge in [-0.3, -0.25) is 4.79 Å². The molecule has 3 rings (SSSR count). The number of carbonyl (C=O) groups excluding carboxylic acids is 2. The number of para-hydroxylation sites is 1. The van der Waals surface area contributed by atoms with Gasteiger partial charge in [-0.25, -0.2) is 9.18 Å². The number of hydrogen-bond donors (Lipinski definition) is 2. The van der Waals surface area contributed by atoms with Crippen LogP contribution in [-0.4, -0.2) is 18.5 Å². The maximum atomic E-state index is 13.5. The van der Waals surface area contributed by atoms with Gasteiger partial charge in [-0.05, 0) is 42.3 Å². The van der Waals surface area contributed by atoms with Gasteiger partial charge in [0.25, 0.3) is 0 Å². The summed E-state index contributed by atoms with van der Waals surface area (Å²) in [6, 6.07) is 10.8. The number of nitrogens with one attached hydrogen (secondary N) is 2. The fraction of sp³-hybridized carbons (Fsp3) is 0.176. The smallest absolute Gasteiger partial charge is 0.312 e. The van der Waals surface area contributed by atoms with Crippen LogP contribution in [0.5, 0.6) is 0 Å². The molecule has 0 unspecified atom stereocenters. The number of rotatable bonds is 2. The van der Waals surface area contributed by atoms with Crippen LogP contribution < -0.4 is 15.5 Å². The summed E-state index contributed by atoms with van der Waals surface area (Å²) in [5.74, 6) is -0.490. The first-order valence-corrected chi connectivity index (χ1v) is 7.28. The van der Waals surface area contributed by atoms with Gasteiger partial charge >= 0.3 is 6.03 Å². The first-order chi connectivity index (χ1) is 11.0. The minimum Gasteiger partial charge on any atom is -0.312 e. The Balaban J connectivity index is 1.71. The van der Waals surface area contributed by atoms with E-state index in [1.165, 1.54) is 19.1 Å². The highest BCUT2D eigenvalue weighted by atomic mass is 19.1. The molecule has 0 saturated heterocycles. The van der Waals surface area contributed by atoms with E-state index in [4.69, 9.17) is 0 Å². The number of carbonyl (C=O) groups is 2. The Labute approximate surface area is 133 Å². The topological polar surface area (TPSA) is 61.4 Å². The van der Waals surface area contributed by atoms with Crippen molar-refractivity contribution in [3.8, 4) is 0 Å². The molecule has 2 N–H and O–H groups in total. The number of fused-ring (bicyclic) bond motifs is 1. The summed E-state index contributed by atoms with van der Waals surface area (Å²) in [5, 5.41) is 5.14. The molecule has 118 valence electrons. The van der Waals surface area contributed by atoms with Crippen LogP contribution in [0.3, 0.4) is 0 Å². The molecular formula is C17H16FN3O2. The lowest BCUT2D eigenvalue weighted by molar-refractivity contribution is -0.116. The van der Waals surface area contributed by atoms with Crippen LogP contribution in [0.25, 0.3) is 0 Å². The van der Waals surface area contributed by atoms with Gasteiger partial charge in [0.15, 0.2) is 0 Å². The highest BCUT2D eigenvalue weighted by Gasteiger charge is 2.22. The molecule has 2 aromatic carbocycles. The van der Waals surface area contributed by atoms with E-state index in [-0.39, 0.29) is 11.6 Å². The van der Waals surface area contributed by atoms with E-state index >= 15 is 0 Å². The van der Waals surface area contributed by atoms with Gasteiger partial charge in [-0.15, -0.1) is 0 Å².